The number of hydrogen-bond acceptors (Lipinski definition) is 2. The summed E-state index contributed by atoms with van der Waals surface area (Å²) >= 11 is 0. The molecule has 0 bridgehead atoms. The topological polar surface area (TPSA) is 52.8 Å². The van der Waals surface area contributed by atoms with E-state index in [2.05, 4.69) is 54.1 Å². The molecule has 0 fully saturated rings. The molecule has 130 valence electrons. The van der Waals surface area contributed by atoms with Crippen molar-refractivity contribution in [3.05, 3.63) is 53.9 Å². The Hall–Kier alpha value is -2.43. The van der Waals surface area contributed by atoms with Crippen LogP contribution in [0.2, 0.25) is 0 Å². The number of phenols is 1. The molecule has 0 aliphatic heterocycles. The van der Waals surface area contributed by atoms with Gasteiger partial charge in [0, 0.05) is 39.1 Å². The third-order valence-electron chi connectivity index (χ3n) is 3.97. The van der Waals surface area contributed by atoms with E-state index in [9.17, 15) is 5.11 Å². The number of aliphatic imine (C=N–C) groups is 1. The fraction of sp³-hybridized carbons (Fsp3) is 0.421. The van der Waals surface area contributed by atoms with Crippen molar-refractivity contribution >= 4 is 5.96 Å². The number of nitrogens with zero attached hydrogens (tertiary/aromatic N) is 3. The summed E-state index contributed by atoms with van der Waals surface area (Å²) in [5.74, 6) is 1.25. The minimum absolute atomic E-state index is 0.313. The van der Waals surface area contributed by atoms with Gasteiger partial charge in [0.25, 0.3) is 0 Å². The maximum absolute atomic E-state index is 9.31. The molecule has 0 radical (unpaired) electrons. The maximum Gasteiger partial charge on any atom is 0.194 e. The Bertz CT molecular complexity index is 646. The molecule has 0 saturated heterocycles. The van der Waals surface area contributed by atoms with Gasteiger partial charge in [-0.05, 0) is 49.6 Å². The van der Waals surface area contributed by atoms with Crippen molar-refractivity contribution in [2.24, 2.45) is 12.0 Å². The van der Waals surface area contributed by atoms with Crippen molar-refractivity contribution in [2.75, 3.05) is 20.1 Å². The van der Waals surface area contributed by atoms with Crippen LogP contribution in [-0.2, 0) is 20.0 Å². The number of aromatic nitrogens is 1. The molecule has 0 spiro atoms. The normalized spacial score (nSPS) is 11.5. The van der Waals surface area contributed by atoms with E-state index in [1.807, 2.05) is 12.1 Å². The predicted octanol–water partition coefficient (Wildman–Crippen LogP) is 2.76. The zero-order valence-electron chi connectivity index (χ0n) is 14.9. The van der Waals surface area contributed by atoms with Crippen molar-refractivity contribution in [2.45, 2.75) is 26.3 Å². The lowest BCUT2D eigenvalue weighted by Gasteiger charge is -2.22. The van der Waals surface area contributed by atoms with Crippen LogP contribution in [0.3, 0.4) is 0 Å². The molecule has 5 nitrogen and oxygen atoms in total. The lowest BCUT2D eigenvalue weighted by molar-refractivity contribution is 0.461. The molecule has 2 aromatic rings. The molecular formula is C19H28N4O. The first-order valence-electron chi connectivity index (χ1n) is 8.47. The van der Waals surface area contributed by atoms with Crippen LogP contribution in [0.5, 0.6) is 5.75 Å². The summed E-state index contributed by atoms with van der Waals surface area (Å²) in [5, 5.41) is 12.7. The standard InChI is InChI=1S/C19H28N4O/c1-4-20-19(23(3)15-17-8-6-14-22(17)2)21-13-5-7-16-9-11-18(24)12-10-16/h6,8-12,14,24H,4-5,7,13,15H2,1-3H3,(H,20,21). The molecule has 0 saturated carbocycles. The number of nitrogens with one attached hydrogen (secondary N) is 1. The number of phenolic OH excluding ortho intramolecular Hbond substituents is 1. The summed E-state index contributed by atoms with van der Waals surface area (Å²) in [4.78, 5) is 6.88. The predicted molar refractivity (Wildman–Crippen MR) is 99.3 cm³/mol. The average molecular weight is 328 g/mol. The third kappa shape index (κ3) is 5.33. The van der Waals surface area contributed by atoms with Crippen molar-refractivity contribution in [3.8, 4) is 5.75 Å². The maximum atomic E-state index is 9.31. The Morgan fingerprint density at radius 2 is 2.00 bits per heavy atom. The number of rotatable bonds is 7. The van der Waals surface area contributed by atoms with Crippen molar-refractivity contribution < 1.29 is 5.11 Å². The highest BCUT2D eigenvalue weighted by Crippen LogP contribution is 2.11. The zero-order valence-corrected chi connectivity index (χ0v) is 14.9. The van der Waals surface area contributed by atoms with E-state index in [0.29, 0.717) is 5.75 Å². The van der Waals surface area contributed by atoms with Crippen LogP contribution in [0.25, 0.3) is 0 Å². The van der Waals surface area contributed by atoms with Crippen LogP contribution in [0, 0.1) is 0 Å². The van der Waals surface area contributed by atoms with Crippen LogP contribution in [0.1, 0.15) is 24.6 Å². The van der Waals surface area contributed by atoms with Gasteiger partial charge in [0.05, 0.1) is 6.54 Å². The van der Waals surface area contributed by atoms with E-state index < -0.39 is 0 Å². The Kier molecular flexibility index (Phi) is 6.73. The number of hydrogen-bond donors (Lipinski definition) is 2. The van der Waals surface area contributed by atoms with Gasteiger partial charge in [0.1, 0.15) is 5.75 Å². The summed E-state index contributed by atoms with van der Waals surface area (Å²) in [7, 11) is 4.12. The number of benzene rings is 1. The second-order valence-corrected chi connectivity index (χ2v) is 5.97. The van der Waals surface area contributed by atoms with Crippen LogP contribution >= 0.6 is 0 Å². The average Bonchev–Trinajstić information content (AvgIpc) is 2.97. The molecule has 0 unspecified atom stereocenters. The SMILES string of the molecule is CCNC(=NCCCc1ccc(O)cc1)N(C)Cc1cccn1C. The van der Waals surface area contributed by atoms with Crippen LogP contribution in [-0.4, -0.2) is 40.7 Å². The monoisotopic (exact) mass is 328 g/mol. The molecule has 2 rings (SSSR count). The van der Waals surface area contributed by atoms with Gasteiger partial charge in [-0.15, -0.1) is 0 Å². The van der Waals surface area contributed by atoms with Gasteiger partial charge >= 0.3 is 0 Å². The van der Waals surface area contributed by atoms with Gasteiger partial charge in [-0.3, -0.25) is 4.99 Å². The number of aryl methyl sites for hydroxylation is 2. The fourth-order valence-electron chi connectivity index (χ4n) is 2.58. The quantitative estimate of drug-likeness (QED) is 0.467. The van der Waals surface area contributed by atoms with E-state index in [0.717, 1.165) is 38.4 Å². The van der Waals surface area contributed by atoms with Gasteiger partial charge in [-0.1, -0.05) is 12.1 Å². The number of guanidine groups is 1. The van der Waals surface area contributed by atoms with Gasteiger partial charge < -0.3 is 19.9 Å². The van der Waals surface area contributed by atoms with Gasteiger partial charge in [0.2, 0.25) is 0 Å². The molecule has 0 atom stereocenters. The molecule has 0 aliphatic carbocycles. The van der Waals surface area contributed by atoms with Gasteiger partial charge in [-0.25, -0.2) is 0 Å². The third-order valence-corrected chi connectivity index (χ3v) is 3.97. The molecule has 0 amide bonds. The molecule has 2 N–H and O–H groups in total. The van der Waals surface area contributed by atoms with Crippen LogP contribution in [0.15, 0.2) is 47.6 Å². The first kappa shape index (κ1) is 17.9. The Balaban J connectivity index is 1.87. The van der Waals surface area contributed by atoms with E-state index in [1.54, 1.807) is 12.1 Å². The summed E-state index contributed by atoms with van der Waals surface area (Å²) in [6, 6.07) is 11.6. The largest absolute Gasteiger partial charge is 0.508 e. The Morgan fingerprint density at radius 1 is 1.25 bits per heavy atom. The second-order valence-electron chi connectivity index (χ2n) is 5.97. The fourth-order valence-corrected chi connectivity index (χ4v) is 2.58. The molecular weight excluding hydrogens is 300 g/mol. The van der Waals surface area contributed by atoms with E-state index in [-0.39, 0.29) is 0 Å². The summed E-state index contributed by atoms with van der Waals surface area (Å²) in [5.41, 5.74) is 2.48. The summed E-state index contributed by atoms with van der Waals surface area (Å²) < 4.78 is 2.13. The zero-order chi connectivity index (χ0) is 17.4. The lowest BCUT2D eigenvalue weighted by atomic mass is 10.1. The van der Waals surface area contributed by atoms with Crippen molar-refractivity contribution in [3.63, 3.8) is 0 Å². The van der Waals surface area contributed by atoms with Crippen molar-refractivity contribution in [1.82, 2.24) is 14.8 Å². The highest BCUT2D eigenvalue weighted by Gasteiger charge is 2.07. The lowest BCUT2D eigenvalue weighted by Crippen LogP contribution is -2.38. The molecule has 1 aromatic heterocycles. The molecule has 24 heavy (non-hydrogen) atoms. The molecule has 1 aromatic carbocycles. The van der Waals surface area contributed by atoms with Crippen molar-refractivity contribution in [1.29, 1.82) is 0 Å². The van der Waals surface area contributed by atoms with Crippen LogP contribution in [0.4, 0.5) is 0 Å². The Labute approximate surface area is 144 Å². The molecule has 1 heterocycles. The van der Waals surface area contributed by atoms with E-state index >= 15 is 0 Å². The second kappa shape index (κ2) is 9.01. The summed E-state index contributed by atoms with van der Waals surface area (Å²) in [6.45, 7) is 4.55. The van der Waals surface area contributed by atoms with Gasteiger partial charge in [-0.2, -0.15) is 0 Å². The number of aromatic hydroxyl groups is 1. The summed E-state index contributed by atoms with van der Waals surface area (Å²) in [6.07, 6.45) is 4.01. The van der Waals surface area contributed by atoms with Gasteiger partial charge in [0.15, 0.2) is 5.96 Å². The first-order valence-corrected chi connectivity index (χ1v) is 8.47. The Morgan fingerprint density at radius 3 is 2.62 bits per heavy atom. The minimum atomic E-state index is 0.313. The molecule has 0 aliphatic rings. The highest BCUT2D eigenvalue weighted by molar-refractivity contribution is 5.79. The van der Waals surface area contributed by atoms with Crippen LogP contribution < -0.4 is 5.32 Å². The first-order chi connectivity index (χ1) is 11.6. The minimum Gasteiger partial charge on any atom is -0.508 e. The molecule has 5 heteroatoms. The highest BCUT2D eigenvalue weighted by atomic mass is 16.3. The van der Waals surface area contributed by atoms with E-state index in [1.165, 1.54) is 11.3 Å². The smallest absolute Gasteiger partial charge is 0.194 e. The van der Waals surface area contributed by atoms with E-state index in [4.69, 9.17) is 4.99 Å².